The molecular weight excluding hydrogens is 204 g/mol. The number of hydrogen-bond donors (Lipinski definition) is 0. The largest absolute Gasteiger partial charge is 0.339 e. The van der Waals surface area contributed by atoms with Crippen molar-refractivity contribution >= 4 is 5.78 Å². The van der Waals surface area contributed by atoms with Crippen molar-refractivity contribution in [3.8, 4) is 0 Å². The summed E-state index contributed by atoms with van der Waals surface area (Å²) < 4.78 is 5.19. The molecule has 2 atom stereocenters. The Kier molecular flexibility index (Phi) is 4.21. The van der Waals surface area contributed by atoms with Crippen LogP contribution in [0.3, 0.4) is 0 Å². The average molecular weight is 224 g/mol. The number of rotatable bonds is 5. The Morgan fingerprint density at radius 3 is 2.44 bits per heavy atom. The number of carbonyl (C=O) groups excluding carboxylic acids is 1. The number of Topliss-reactive ketones (excluding diaryl/α,β-unsaturated/α-hetero) is 1. The highest BCUT2D eigenvalue weighted by Gasteiger charge is 2.27. The lowest BCUT2D eigenvalue weighted by Crippen LogP contribution is -2.15. The van der Waals surface area contributed by atoms with Gasteiger partial charge in [-0.15, -0.1) is 0 Å². The molecule has 4 heteroatoms. The predicted octanol–water partition coefficient (Wildman–Crippen LogP) is 2.91. The third-order valence-electron chi connectivity index (χ3n) is 2.88. The monoisotopic (exact) mass is 224 g/mol. The van der Waals surface area contributed by atoms with Gasteiger partial charge in [0.2, 0.25) is 5.89 Å². The first-order valence-electron chi connectivity index (χ1n) is 5.81. The molecule has 16 heavy (non-hydrogen) atoms. The minimum atomic E-state index is -0.273. The lowest BCUT2D eigenvalue weighted by atomic mass is 9.92. The summed E-state index contributed by atoms with van der Waals surface area (Å²) in [5.41, 5.74) is 0. The molecule has 90 valence electrons. The quantitative estimate of drug-likeness (QED) is 0.771. The Hall–Kier alpha value is -1.19. The molecule has 0 radical (unpaired) electrons. The van der Waals surface area contributed by atoms with Gasteiger partial charge in [-0.2, -0.15) is 4.98 Å². The molecule has 2 unspecified atom stereocenters. The topological polar surface area (TPSA) is 56.0 Å². The second-order valence-corrected chi connectivity index (χ2v) is 4.63. The fourth-order valence-corrected chi connectivity index (χ4v) is 1.68. The third kappa shape index (κ3) is 2.68. The zero-order valence-electron chi connectivity index (χ0n) is 10.7. The highest BCUT2D eigenvalue weighted by atomic mass is 16.5. The van der Waals surface area contributed by atoms with Crippen LogP contribution < -0.4 is 0 Å². The van der Waals surface area contributed by atoms with Crippen molar-refractivity contribution in [2.24, 2.45) is 5.92 Å². The van der Waals surface area contributed by atoms with Crippen molar-refractivity contribution in [2.75, 3.05) is 0 Å². The van der Waals surface area contributed by atoms with Crippen molar-refractivity contribution in [3.05, 3.63) is 11.7 Å². The first kappa shape index (κ1) is 12.9. The van der Waals surface area contributed by atoms with E-state index >= 15 is 0 Å². The Bertz CT molecular complexity index is 358. The molecule has 1 heterocycles. The molecule has 0 saturated heterocycles. The molecule has 1 aromatic heterocycles. The Labute approximate surface area is 96.4 Å². The standard InChI is InChI=1S/C12H20N2O2/c1-6-8(4)11-13-12(16-14-11)10(7(2)3)9(5)15/h7-8,10H,6H2,1-5H3. The third-order valence-corrected chi connectivity index (χ3v) is 2.88. The van der Waals surface area contributed by atoms with E-state index in [9.17, 15) is 4.79 Å². The van der Waals surface area contributed by atoms with E-state index in [1.807, 2.05) is 20.8 Å². The summed E-state index contributed by atoms with van der Waals surface area (Å²) in [7, 11) is 0. The van der Waals surface area contributed by atoms with E-state index in [1.54, 1.807) is 6.92 Å². The summed E-state index contributed by atoms with van der Waals surface area (Å²) in [4.78, 5) is 15.8. The highest BCUT2D eigenvalue weighted by molar-refractivity contribution is 5.82. The molecule has 0 N–H and O–H groups in total. The van der Waals surface area contributed by atoms with Gasteiger partial charge in [0, 0.05) is 5.92 Å². The van der Waals surface area contributed by atoms with Gasteiger partial charge in [-0.1, -0.05) is 32.9 Å². The molecule has 0 amide bonds. The van der Waals surface area contributed by atoms with Gasteiger partial charge in [0.25, 0.3) is 0 Å². The molecule has 0 saturated carbocycles. The van der Waals surface area contributed by atoms with Crippen LogP contribution in [0.4, 0.5) is 0 Å². The van der Waals surface area contributed by atoms with Crippen LogP contribution in [0.25, 0.3) is 0 Å². The Morgan fingerprint density at radius 1 is 1.38 bits per heavy atom. The first-order valence-corrected chi connectivity index (χ1v) is 5.81. The highest BCUT2D eigenvalue weighted by Crippen LogP contribution is 2.25. The fourth-order valence-electron chi connectivity index (χ4n) is 1.68. The van der Waals surface area contributed by atoms with Gasteiger partial charge in [0.1, 0.15) is 5.78 Å². The SMILES string of the molecule is CCC(C)c1noc(C(C(C)=O)C(C)C)n1. The molecule has 0 fully saturated rings. The summed E-state index contributed by atoms with van der Waals surface area (Å²) in [5, 5.41) is 3.93. The minimum Gasteiger partial charge on any atom is -0.339 e. The second-order valence-electron chi connectivity index (χ2n) is 4.63. The lowest BCUT2D eigenvalue weighted by Gasteiger charge is -2.12. The number of aromatic nitrogens is 2. The van der Waals surface area contributed by atoms with Crippen molar-refractivity contribution in [2.45, 2.75) is 52.9 Å². The van der Waals surface area contributed by atoms with Crippen molar-refractivity contribution in [1.82, 2.24) is 10.1 Å². The lowest BCUT2D eigenvalue weighted by molar-refractivity contribution is -0.119. The van der Waals surface area contributed by atoms with E-state index in [0.717, 1.165) is 6.42 Å². The van der Waals surface area contributed by atoms with E-state index in [4.69, 9.17) is 4.52 Å². The summed E-state index contributed by atoms with van der Waals surface area (Å²) >= 11 is 0. The summed E-state index contributed by atoms with van der Waals surface area (Å²) in [6.45, 7) is 9.66. The molecular formula is C12H20N2O2. The minimum absolute atomic E-state index is 0.0781. The van der Waals surface area contributed by atoms with Crippen molar-refractivity contribution in [1.29, 1.82) is 0 Å². The van der Waals surface area contributed by atoms with Crippen molar-refractivity contribution < 1.29 is 9.32 Å². The molecule has 0 aromatic carbocycles. The zero-order valence-corrected chi connectivity index (χ0v) is 10.7. The summed E-state index contributed by atoms with van der Waals surface area (Å²) in [6.07, 6.45) is 0.964. The van der Waals surface area contributed by atoms with Crippen LogP contribution in [0.5, 0.6) is 0 Å². The van der Waals surface area contributed by atoms with Gasteiger partial charge in [0.05, 0.1) is 5.92 Å². The van der Waals surface area contributed by atoms with Gasteiger partial charge in [-0.3, -0.25) is 4.79 Å². The molecule has 1 rings (SSSR count). The maximum Gasteiger partial charge on any atom is 0.237 e. The van der Waals surface area contributed by atoms with E-state index in [2.05, 4.69) is 17.1 Å². The van der Waals surface area contributed by atoms with Crippen LogP contribution in [0.15, 0.2) is 4.52 Å². The number of nitrogens with zero attached hydrogens (tertiary/aromatic N) is 2. The first-order chi connectivity index (χ1) is 7.47. The Balaban J connectivity index is 2.95. The van der Waals surface area contributed by atoms with E-state index < -0.39 is 0 Å². The van der Waals surface area contributed by atoms with E-state index in [-0.39, 0.29) is 23.5 Å². The number of ketones is 1. The smallest absolute Gasteiger partial charge is 0.237 e. The van der Waals surface area contributed by atoms with Crippen LogP contribution >= 0.6 is 0 Å². The fraction of sp³-hybridized carbons (Fsp3) is 0.750. The average Bonchev–Trinajstić information content (AvgIpc) is 2.64. The van der Waals surface area contributed by atoms with E-state index in [1.165, 1.54) is 0 Å². The molecule has 0 aliphatic carbocycles. The maximum atomic E-state index is 11.5. The van der Waals surface area contributed by atoms with Crippen LogP contribution in [0.2, 0.25) is 0 Å². The van der Waals surface area contributed by atoms with E-state index in [0.29, 0.717) is 11.7 Å². The predicted molar refractivity (Wildman–Crippen MR) is 61.3 cm³/mol. The second kappa shape index (κ2) is 5.23. The summed E-state index contributed by atoms with van der Waals surface area (Å²) in [5.74, 6) is 1.42. The van der Waals surface area contributed by atoms with Gasteiger partial charge in [0.15, 0.2) is 5.82 Å². The van der Waals surface area contributed by atoms with Gasteiger partial charge >= 0.3 is 0 Å². The van der Waals surface area contributed by atoms with Gasteiger partial charge in [-0.05, 0) is 19.3 Å². The number of carbonyl (C=O) groups is 1. The molecule has 4 nitrogen and oxygen atoms in total. The molecule has 1 aromatic rings. The Morgan fingerprint density at radius 2 is 2.00 bits per heavy atom. The maximum absolute atomic E-state index is 11.5. The van der Waals surface area contributed by atoms with Crippen LogP contribution in [-0.4, -0.2) is 15.9 Å². The molecule has 0 bridgehead atoms. The van der Waals surface area contributed by atoms with Crippen LogP contribution in [0.1, 0.15) is 64.6 Å². The van der Waals surface area contributed by atoms with Gasteiger partial charge in [-0.25, -0.2) is 0 Å². The summed E-state index contributed by atoms with van der Waals surface area (Å²) in [6, 6.07) is 0. The van der Waals surface area contributed by atoms with Crippen LogP contribution in [-0.2, 0) is 4.79 Å². The van der Waals surface area contributed by atoms with Crippen molar-refractivity contribution in [3.63, 3.8) is 0 Å². The normalized spacial score (nSPS) is 15.1. The van der Waals surface area contributed by atoms with Crippen LogP contribution in [0, 0.1) is 5.92 Å². The molecule has 0 aliphatic rings. The molecule has 0 spiro atoms. The number of hydrogen-bond acceptors (Lipinski definition) is 4. The molecule has 0 aliphatic heterocycles. The van der Waals surface area contributed by atoms with Gasteiger partial charge < -0.3 is 4.52 Å². The zero-order chi connectivity index (χ0) is 12.3.